The highest BCUT2D eigenvalue weighted by Gasteiger charge is 2.28. The number of aromatic nitrogens is 2. The molecular formula is C14H23N5OS. The zero-order chi connectivity index (χ0) is 14.7. The topological polar surface area (TPSA) is 67.8 Å². The van der Waals surface area contributed by atoms with Crippen LogP contribution in [0.1, 0.15) is 19.0 Å². The SMILES string of the molecule is CCCN1CCOC(C(Cc2cn3ccsc3n2)NN)C1. The van der Waals surface area contributed by atoms with Crippen molar-refractivity contribution < 1.29 is 4.74 Å². The van der Waals surface area contributed by atoms with E-state index in [2.05, 4.69) is 32.8 Å². The molecule has 116 valence electrons. The Bertz CT molecular complexity index is 538. The summed E-state index contributed by atoms with van der Waals surface area (Å²) in [6.45, 7) is 6.06. The summed E-state index contributed by atoms with van der Waals surface area (Å²) in [5.41, 5.74) is 3.98. The van der Waals surface area contributed by atoms with Gasteiger partial charge < -0.3 is 4.74 Å². The van der Waals surface area contributed by atoms with Crippen molar-refractivity contribution in [2.24, 2.45) is 5.84 Å². The van der Waals surface area contributed by atoms with Gasteiger partial charge in [0, 0.05) is 37.3 Å². The summed E-state index contributed by atoms with van der Waals surface area (Å²) in [6, 6.07) is 0.0919. The van der Waals surface area contributed by atoms with Crippen LogP contribution in [0, 0.1) is 0 Å². The van der Waals surface area contributed by atoms with E-state index >= 15 is 0 Å². The molecule has 1 aliphatic rings. The minimum absolute atomic E-state index is 0.0919. The van der Waals surface area contributed by atoms with E-state index in [0.29, 0.717) is 0 Å². The molecule has 0 aliphatic carbocycles. The largest absolute Gasteiger partial charge is 0.374 e. The van der Waals surface area contributed by atoms with E-state index in [-0.39, 0.29) is 12.1 Å². The van der Waals surface area contributed by atoms with Crippen molar-refractivity contribution in [3.05, 3.63) is 23.5 Å². The van der Waals surface area contributed by atoms with Gasteiger partial charge in [0.25, 0.3) is 0 Å². The van der Waals surface area contributed by atoms with Crippen LogP contribution in [0.15, 0.2) is 17.8 Å². The highest BCUT2D eigenvalue weighted by molar-refractivity contribution is 7.15. The Kier molecular flexibility index (Phi) is 4.87. The average Bonchev–Trinajstić information content (AvgIpc) is 3.06. The summed E-state index contributed by atoms with van der Waals surface area (Å²) >= 11 is 1.65. The van der Waals surface area contributed by atoms with Gasteiger partial charge in [0.2, 0.25) is 0 Å². The number of thiazole rings is 1. The maximum absolute atomic E-state index is 5.92. The number of hydrogen-bond acceptors (Lipinski definition) is 6. The third-order valence-corrected chi connectivity index (χ3v) is 4.72. The van der Waals surface area contributed by atoms with Gasteiger partial charge in [0.05, 0.1) is 24.4 Å². The normalized spacial score (nSPS) is 21.9. The summed E-state index contributed by atoms with van der Waals surface area (Å²) in [6.07, 6.45) is 6.18. The summed E-state index contributed by atoms with van der Waals surface area (Å²) < 4.78 is 7.97. The average molecular weight is 309 g/mol. The number of hydrazine groups is 1. The molecule has 3 N–H and O–H groups in total. The predicted octanol–water partition coefficient (Wildman–Crippen LogP) is 0.881. The van der Waals surface area contributed by atoms with E-state index in [1.165, 1.54) is 6.42 Å². The summed E-state index contributed by atoms with van der Waals surface area (Å²) in [4.78, 5) is 8.10. The standard InChI is InChI=1S/C14H23N5OS/c1-2-3-18-4-6-20-13(10-18)12(17-15)8-11-9-19-5-7-21-14(19)16-11/h5,7,9,12-13,17H,2-4,6,8,10,15H2,1H3. The fourth-order valence-corrected chi connectivity index (χ4v) is 3.61. The molecule has 3 heterocycles. The third kappa shape index (κ3) is 3.44. The number of fused-ring (bicyclic) bond motifs is 1. The van der Waals surface area contributed by atoms with Crippen molar-refractivity contribution in [3.8, 4) is 0 Å². The van der Waals surface area contributed by atoms with Crippen LogP contribution in [-0.2, 0) is 11.2 Å². The van der Waals surface area contributed by atoms with Crippen molar-refractivity contribution >= 4 is 16.3 Å². The van der Waals surface area contributed by atoms with Crippen LogP contribution in [0.4, 0.5) is 0 Å². The van der Waals surface area contributed by atoms with Crippen molar-refractivity contribution in [1.29, 1.82) is 0 Å². The molecule has 1 fully saturated rings. The van der Waals surface area contributed by atoms with E-state index in [9.17, 15) is 0 Å². The summed E-state index contributed by atoms with van der Waals surface area (Å²) in [5, 5.41) is 2.04. The first-order valence-corrected chi connectivity index (χ1v) is 8.39. The van der Waals surface area contributed by atoms with E-state index in [1.54, 1.807) is 11.3 Å². The first kappa shape index (κ1) is 14.9. The maximum Gasteiger partial charge on any atom is 0.193 e. The number of ether oxygens (including phenoxy) is 1. The number of nitrogens with zero attached hydrogens (tertiary/aromatic N) is 3. The second kappa shape index (κ2) is 6.85. The molecule has 2 aromatic rings. The van der Waals surface area contributed by atoms with Crippen molar-refractivity contribution in [1.82, 2.24) is 19.7 Å². The Morgan fingerprint density at radius 1 is 1.62 bits per heavy atom. The smallest absolute Gasteiger partial charge is 0.193 e. The Labute approximate surface area is 128 Å². The third-order valence-electron chi connectivity index (χ3n) is 3.95. The number of morpholine rings is 1. The van der Waals surface area contributed by atoms with Gasteiger partial charge in [0.15, 0.2) is 4.96 Å². The lowest BCUT2D eigenvalue weighted by Crippen LogP contribution is -2.54. The molecule has 21 heavy (non-hydrogen) atoms. The number of nitrogens with two attached hydrogens (primary N) is 1. The fraction of sp³-hybridized carbons (Fsp3) is 0.643. The highest BCUT2D eigenvalue weighted by atomic mass is 32.1. The van der Waals surface area contributed by atoms with Crippen LogP contribution in [0.2, 0.25) is 0 Å². The minimum Gasteiger partial charge on any atom is -0.374 e. The quantitative estimate of drug-likeness (QED) is 0.612. The summed E-state index contributed by atoms with van der Waals surface area (Å²) in [5.74, 6) is 5.76. The van der Waals surface area contributed by atoms with Gasteiger partial charge in [-0.1, -0.05) is 6.92 Å². The van der Waals surface area contributed by atoms with Gasteiger partial charge in [-0.05, 0) is 13.0 Å². The molecule has 0 aromatic carbocycles. The van der Waals surface area contributed by atoms with Crippen LogP contribution >= 0.6 is 11.3 Å². The molecule has 7 heteroatoms. The maximum atomic E-state index is 5.92. The Hall–Kier alpha value is -0.990. The Balaban J connectivity index is 1.65. The predicted molar refractivity (Wildman–Crippen MR) is 84.4 cm³/mol. The number of imidazole rings is 1. The van der Waals surface area contributed by atoms with E-state index in [1.807, 2.05) is 11.6 Å². The van der Waals surface area contributed by atoms with E-state index in [0.717, 1.165) is 43.3 Å². The van der Waals surface area contributed by atoms with Crippen molar-refractivity contribution in [3.63, 3.8) is 0 Å². The zero-order valence-corrected chi connectivity index (χ0v) is 13.2. The van der Waals surface area contributed by atoms with Crippen LogP contribution in [0.25, 0.3) is 4.96 Å². The van der Waals surface area contributed by atoms with Crippen LogP contribution in [0.3, 0.4) is 0 Å². The van der Waals surface area contributed by atoms with Crippen LogP contribution in [0.5, 0.6) is 0 Å². The molecule has 1 saturated heterocycles. The van der Waals surface area contributed by atoms with Gasteiger partial charge >= 0.3 is 0 Å². The number of rotatable bonds is 6. The van der Waals surface area contributed by atoms with Crippen molar-refractivity contribution in [2.75, 3.05) is 26.2 Å². The van der Waals surface area contributed by atoms with E-state index in [4.69, 9.17) is 10.6 Å². The Morgan fingerprint density at radius 3 is 3.29 bits per heavy atom. The molecule has 0 bridgehead atoms. The summed E-state index contributed by atoms with van der Waals surface area (Å²) in [7, 11) is 0. The van der Waals surface area contributed by atoms with Crippen molar-refractivity contribution in [2.45, 2.75) is 31.9 Å². The van der Waals surface area contributed by atoms with Crippen LogP contribution in [-0.4, -0.2) is 52.7 Å². The van der Waals surface area contributed by atoms with Crippen LogP contribution < -0.4 is 11.3 Å². The van der Waals surface area contributed by atoms with Gasteiger partial charge in [-0.3, -0.25) is 20.6 Å². The molecule has 0 spiro atoms. The lowest BCUT2D eigenvalue weighted by Gasteiger charge is -2.36. The number of nitrogens with one attached hydrogen (secondary N) is 1. The molecular weight excluding hydrogens is 286 g/mol. The first-order chi connectivity index (χ1) is 10.3. The Morgan fingerprint density at radius 2 is 2.52 bits per heavy atom. The molecule has 2 unspecified atom stereocenters. The molecule has 2 atom stereocenters. The molecule has 3 rings (SSSR count). The highest BCUT2D eigenvalue weighted by Crippen LogP contribution is 2.16. The van der Waals surface area contributed by atoms with Gasteiger partial charge in [0.1, 0.15) is 0 Å². The van der Waals surface area contributed by atoms with Gasteiger partial charge in [-0.2, -0.15) is 0 Å². The monoisotopic (exact) mass is 309 g/mol. The fourth-order valence-electron chi connectivity index (χ4n) is 2.89. The lowest BCUT2D eigenvalue weighted by atomic mass is 10.0. The van der Waals surface area contributed by atoms with E-state index < -0.39 is 0 Å². The molecule has 0 saturated carbocycles. The molecule has 6 nitrogen and oxygen atoms in total. The molecule has 0 amide bonds. The second-order valence-electron chi connectivity index (χ2n) is 5.51. The minimum atomic E-state index is 0.0919. The molecule has 2 aromatic heterocycles. The lowest BCUT2D eigenvalue weighted by molar-refractivity contribution is -0.0463. The number of hydrogen-bond donors (Lipinski definition) is 2. The second-order valence-corrected chi connectivity index (χ2v) is 6.39. The molecule has 0 radical (unpaired) electrons. The molecule has 1 aliphatic heterocycles. The van der Waals surface area contributed by atoms with Gasteiger partial charge in [-0.25, -0.2) is 4.98 Å². The van der Waals surface area contributed by atoms with Gasteiger partial charge in [-0.15, -0.1) is 11.3 Å². The first-order valence-electron chi connectivity index (χ1n) is 7.51. The zero-order valence-electron chi connectivity index (χ0n) is 12.4.